The van der Waals surface area contributed by atoms with Gasteiger partial charge in [0.1, 0.15) is 34.8 Å². The van der Waals surface area contributed by atoms with E-state index < -0.39 is 5.82 Å². The maximum Gasteiger partial charge on any atom is 0.261 e. The van der Waals surface area contributed by atoms with Crippen molar-refractivity contribution in [2.75, 3.05) is 24.6 Å². The maximum absolute atomic E-state index is 15.2. The fourth-order valence-corrected chi connectivity index (χ4v) is 5.52. The van der Waals surface area contributed by atoms with Gasteiger partial charge in [-0.25, -0.2) is 14.4 Å². The number of pyridine rings is 1. The molecular formula is C27H28ClFN6O2. The van der Waals surface area contributed by atoms with E-state index in [1.807, 2.05) is 13.2 Å². The van der Waals surface area contributed by atoms with Crippen LogP contribution in [0, 0.1) is 11.7 Å². The second kappa shape index (κ2) is 9.54. The molecule has 6 rings (SSSR count). The van der Waals surface area contributed by atoms with Crippen LogP contribution in [0.5, 0.6) is 0 Å². The molecule has 0 radical (unpaired) electrons. The Labute approximate surface area is 218 Å². The molecule has 1 saturated heterocycles. The summed E-state index contributed by atoms with van der Waals surface area (Å²) in [5.74, 6) is 1.31. The van der Waals surface area contributed by atoms with Crippen molar-refractivity contribution in [1.82, 2.24) is 24.3 Å². The predicted octanol–water partition coefficient (Wildman–Crippen LogP) is 4.53. The van der Waals surface area contributed by atoms with Crippen LogP contribution in [0.2, 0.25) is 5.02 Å². The van der Waals surface area contributed by atoms with E-state index in [9.17, 15) is 4.79 Å². The molecule has 192 valence electrons. The number of aryl methyl sites for hydroxylation is 1. The molecule has 0 saturated carbocycles. The first kappa shape index (κ1) is 24.1. The van der Waals surface area contributed by atoms with Crippen LogP contribution in [0.25, 0.3) is 22.2 Å². The van der Waals surface area contributed by atoms with Crippen LogP contribution < -0.4 is 10.5 Å². The molecule has 2 atom stereocenters. The quantitative estimate of drug-likeness (QED) is 0.392. The van der Waals surface area contributed by atoms with Gasteiger partial charge >= 0.3 is 0 Å². The van der Waals surface area contributed by atoms with E-state index in [0.29, 0.717) is 59.6 Å². The van der Waals surface area contributed by atoms with Crippen molar-refractivity contribution in [3.8, 4) is 11.3 Å². The van der Waals surface area contributed by atoms with Gasteiger partial charge < -0.3 is 9.64 Å². The first-order valence-electron chi connectivity index (χ1n) is 12.7. The number of benzene rings is 1. The highest BCUT2D eigenvalue weighted by molar-refractivity contribution is 6.30. The molecule has 5 heterocycles. The average molecular weight is 523 g/mol. The van der Waals surface area contributed by atoms with Gasteiger partial charge in [0.2, 0.25) is 0 Å². The summed E-state index contributed by atoms with van der Waals surface area (Å²) in [5.41, 5.74) is 1.91. The zero-order chi connectivity index (χ0) is 25.7. The van der Waals surface area contributed by atoms with E-state index in [-0.39, 0.29) is 17.2 Å². The Bertz CT molecular complexity index is 1550. The topological polar surface area (TPSA) is 78.1 Å². The van der Waals surface area contributed by atoms with Gasteiger partial charge in [0, 0.05) is 55.4 Å². The second-order valence-corrected chi connectivity index (χ2v) is 10.3. The summed E-state index contributed by atoms with van der Waals surface area (Å²) in [6.45, 7) is 4.41. The number of hydrogen-bond donors (Lipinski definition) is 0. The number of morpholine rings is 1. The third-order valence-electron chi connectivity index (χ3n) is 7.49. The zero-order valence-electron chi connectivity index (χ0n) is 20.8. The minimum absolute atomic E-state index is 0.106. The van der Waals surface area contributed by atoms with E-state index in [1.54, 1.807) is 33.6 Å². The molecule has 8 nitrogen and oxygen atoms in total. The Morgan fingerprint density at radius 2 is 2.08 bits per heavy atom. The fourth-order valence-electron chi connectivity index (χ4n) is 5.36. The molecular weight excluding hydrogens is 495 g/mol. The lowest BCUT2D eigenvalue weighted by Crippen LogP contribution is -2.39. The molecule has 0 N–H and O–H groups in total. The smallest absolute Gasteiger partial charge is 0.261 e. The normalized spacial score (nSPS) is 19.8. The Balaban J connectivity index is 1.51. The van der Waals surface area contributed by atoms with Crippen LogP contribution in [0.15, 0.2) is 41.5 Å². The van der Waals surface area contributed by atoms with Crippen molar-refractivity contribution in [3.63, 3.8) is 0 Å². The van der Waals surface area contributed by atoms with Crippen LogP contribution in [0.1, 0.15) is 37.3 Å². The molecule has 10 heteroatoms. The Kier molecular flexibility index (Phi) is 6.20. The molecule has 0 amide bonds. The van der Waals surface area contributed by atoms with Crippen LogP contribution in [-0.4, -0.2) is 44.0 Å². The van der Waals surface area contributed by atoms with Gasteiger partial charge in [-0.15, -0.1) is 0 Å². The van der Waals surface area contributed by atoms with Gasteiger partial charge in [0.25, 0.3) is 5.56 Å². The highest BCUT2D eigenvalue weighted by atomic mass is 35.5. The predicted molar refractivity (Wildman–Crippen MR) is 140 cm³/mol. The number of hydrogen-bond acceptors (Lipinski definition) is 6. The van der Waals surface area contributed by atoms with E-state index >= 15 is 4.39 Å². The summed E-state index contributed by atoms with van der Waals surface area (Å²) in [7, 11) is 1.87. The number of fused-ring (bicyclic) bond motifs is 2. The monoisotopic (exact) mass is 522 g/mol. The van der Waals surface area contributed by atoms with Gasteiger partial charge in [-0.1, -0.05) is 24.9 Å². The molecule has 1 fully saturated rings. The molecule has 1 aromatic carbocycles. The van der Waals surface area contributed by atoms with Gasteiger partial charge in [0.15, 0.2) is 0 Å². The first-order chi connectivity index (χ1) is 17.9. The summed E-state index contributed by atoms with van der Waals surface area (Å²) in [6.07, 6.45) is 6.24. The number of ether oxygens (including phenoxy) is 1. The van der Waals surface area contributed by atoms with Crippen molar-refractivity contribution in [2.45, 2.75) is 38.8 Å². The third kappa shape index (κ3) is 4.40. The summed E-state index contributed by atoms with van der Waals surface area (Å²) >= 11 is 6.05. The van der Waals surface area contributed by atoms with E-state index in [2.05, 4.69) is 16.9 Å². The van der Waals surface area contributed by atoms with Crippen LogP contribution in [0.4, 0.5) is 10.2 Å². The summed E-state index contributed by atoms with van der Waals surface area (Å²) in [4.78, 5) is 25.6. The zero-order valence-corrected chi connectivity index (χ0v) is 21.6. The number of nitrogens with zero attached hydrogens (tertiary/aromatic N) is 6. The minimum atomic E-state index is -0.500. The fraction of sp³-hybridized carbons (Fsp3) is 0.407. The summed E-state index contributed by atoms with van der Waals surface area (Å²) in [6, 6.07) is 6.30. The Morgan fingerprint density at radius 3 is 2.84 bits per heavy atom. The lowest BCUT2D eigenvalue weighted by atomic mass is 9.94. The lowest BCUT2D eigenvalue weighted by Gasteiger charge is -2.34. The van der Waals surface area contributed by atoms with Gasteiger partial charge in [-0.05, 0) is 36.6 Å². The molecule has 0 aliphatic carbocycles. The van der Waals surface area contributed by atoms with E-state index in [0.717, 1.165) is 30.7 Å². The lowest BCUT2D eigenvalue weighted by molar-refractivity contribution is 0.0395. The number of rotatable bonds is 4. The Hall–Kier alpha value is -3.30. The van der Waals surface area contributed by atoms with Crippen molar-refractivity contribution < 1.29 is 9.13 Å². The van der Waals surface area contributed by atoms with Crippen LogP contribution in [-0.2, 0) is 24.8 Å². The minimum Gasteiger partial charge on any atom is -0.370 e. The molecule has 1 unspecified atom stereocenters. The molecule has 2 aliphatic heterocycles. The van der Waals surface area contributed by atoms with Gasteiger partial charge in [0.05, 0.1) is 18.2 Å². The van der Waals surface area contributed by atoms with Gasteiger partial charge in [-0.2, -0.15) is 5.10 Å². The van der Waals surface area contributed by atoms with E-state index in [4.69, 9.17) is 26.3 Å². The highest BCUT2D eigenvalue weighted by Gasteiger charge is 2.28. The maximum atomic E-state index is 15.2. The number of halogens is 2. The summed E-state index contributed by atoms with van der Waals surface area (Å²) in [5, 5.41) is 5.00. The second-order valence-electron chi connectivity index (χ2n) is 9.85. The van der Waals surface area contributed by atoms with Crippen LogP contribution >= 0.6 is 11.6 Å². The van der Waals surface area contributed by atoms with Crippen molar-refractivity contribution in [2.24, 2.45) is 13.0 Å². The molecule has 0 spiro atoms. The van der Waals surface area contributed by atoms with Crippen molar-refractivity contribution in [3.05, 3.63) is 69.2 Å². The Morgan fingerprint density at radius 1 is 1.22 bits per heavy atom. The van der Waals surface area contributed by atoms with Crippen molar-refractivity contribution in [1.29, 1.82) is 0 Å². The first-order valence-corrected chi connectivity index (χ1v) is 13.0. The summed E-state index contributed by atoms with van der Waals surface area (Å²) < 4.78 is 24.7. The highest BCUT2D eigenvalue weighted by Crippen LogP contribution is 2.34. The molecule has 37 heavy (non-hydrogen) atoms. The van der Waals surface area contributed by atoms with Gasteiger partial charge in [-0.3, -0.25) is 14.0 Å². The van der Waals surface area contributed by atoms with Crippen molar-refractivity contribution >= 4 is 28.3 Å². The number of aromatic nitrogens is 5. The molecule has 2 aliphatic rings. The standard InChI is InChI=1S/C27H28ClFN6O2/c1-3-16-6-7-35-24(10-16)32-26-20(27(35)36)12-23(31-25(26)19-5-4-18(28)11-21(19)29)34-8-9-37-22(15-34)17-13-30-33(2)14-17/h4-5,11-14,16,22H,3,6-10,15H2,1-2H3/t16?,22-/m1/s1. The average Bonchev–Trinajstić information content (AvgIpc) is 3.34. The molecule has 3 aromatic heterocycles. The van der Waals surface area contributed by atoms with Crippen LogP contribution in [0.3, 0.4) is 0 Å². The largest absolute Gasteiger partial charge is 0.370 e. The third-order valence-corrected chi connectivity index (χ3v) is 7.73. The van der Waals surface area contributed by atoms with E-state index in [1.165, 1.54) is 6.07 Å². The molecule has 4 aromatic rings. The number of anilines is 1. The SMILES string of the molecule is CCC1CCn2c(nc3c(-c4ccc(Cl)cc4F)nc(N4CCO[C@@H](c5cnn(C)c5)C4)cc3c2=O)C1. The molecule has 0 bridgehead atoms.